The number of benzene rings is 4. The molecule has 0 saturated carbocycles. The largest absolute Gasteiger partial charge is 0.497 e. The van der Waals surface area contributed by atoms with Gasteiger partial charge in [-0.05, 0) is 76.8 Å². The molecule has 0 bridgehead atoms. The van der Waals surface area contributed by atoms with Gasteiger partial charge < -0.3 is 20.8 Å². The SMILES string of the molecule is COc1ccc2c(c1)c1cc(C(N)=O)ccc1c1c2ccn1-c1ccc(C(N)=O)cc1. The zero-order valence-electron chi connectivity index (χ0n) is 16.8. The van der Waals surface area contributed by atoms with Gasteiger partial charge in [-0.2, -0.15) is 0 Å². The van der Waals surface area contributed by atoms with Gasteiger partial charge in [0.25, 0.3) is 0 Å². The van der Waals surface area contributed by atoms with Crippen LogP contribution in [0.3, 0.4) is 0 Å². The highest BCUT2D eigenvalue weighted by Gasteiger charge is 2.15. The van der Waals surface area contributed by atoms with Gasteiger partial charge in [0.1, 0.15) is 5.75 Å². The van der Waals surface area contributed by atoms with Gasteiger partial charge >= 0.3 is 0 Å². The lowest BCUT2D eigenvalue weighted by Gasteiger charge is -2.13. The second-order valence-electron chi connectivity index (χ2n) is 7.40. The topological polar surface area (TPSA) is 100 Å². The van der Waals surface area contributed by atoms with Crippen LogP contribution in [-0.4, -0.2) is 23.5 Å². The number of aromatic nitrogens is 1. The van der Waals surface area contributed by atoms with Crippen LogP contribution in [0.2, 0.25) is 0 Å². The van der Waals surface area contributed by atoms with Crippen LogP contribution >= 0.6 is 0 Å². The number of carbonyl (C=O) groups excluding carboxylic acids is 2. The van der Waals surface area contributed by atoms with Crippen LogP contribution in [0.25, 0.3) is 38.1 Å². The molecule has 0 aliphatic rings. The first-order chi connectivity index (χ1) is 15.0. The van der Waals surface area contributed by atoms with Crippen molar-refractivity contribution < 1.29 is 14.3 Å². The van der Waals surface area contributed by atoms with Gasteiger partial charge in [0.2, 0.25) is 11.8 Å². The third-order valence-electron chi connectivity index (χ3n) is 5.68. The molecule has 6 heteroatoms. The molecule has 4 N–H and O–H groups in total. The van der Waals surface area contributed by atoms with E-state index in [4.69, 9.17) is 16.2 Å². The third kappa shape index (κ3) is 2.88. The molecule has 0 aliphatic carbocycles. The van der Waals surface area contributed by atoms with Crippen molar-refractivity contribution >= 4 is 44.3 Å². The van der Waals surface area contributed by atoms with Gasteiger partial charge in [-0.1, -0.05) is 6.07 Å². The van der Waals surface area contributed by atoms with E-state index in [1.165, 1.54) is 0 Å². The Morgan fingerprint density at radius 1 is 0.710 bits per heavy atom. The molecule has 5 aromatic rings. The number of hydrogen-bond acceptors (Lipinski definition) is 3. The molecule has 0 unspecified atom stereocenters. The van der Waals surface area contributed by atoms with E-state index in [1.807, 2.05) is 48.7 Å². The van der Waals surface area contributed by atoms with Gasteiger partial charge in [0.05, 0.1) is 12.6 Å². The van der Waals surface area contributed by atoms with Crippen molar-refractivity contribution in [3.8, 4) is 11.4 Å². The van der Waals surface area contributed by atoms with E-state index < -0.39 is 11.8 Å². The molecule has 0 spiro atoms. The van der Waals surface area contributed by atoms with Gasteiger partial charge in [-0.25, -0.2) is 0 Å². The summed E-state index contributed by atoms with van der Waals surface area (Å²) in [5.41, 5.74) is 13.7. The standard InChI is InChI=1S/C25H19N3O3/c1-31-17-7-9-18-20-10-11-28(16-5-2-14(3-6-16)24(26)29)23(20)19-8-4-15(25(27)30)12-21(19)22(18)13-17/h2-13H,1H3,(H2,26,29)(H2,27,30). The number of amides is 2. The summed E-state index contributed by atoms with van der Waals surface area (Å²) in [6.07, 6.45) is 2.00. The minimum absolute atomic E-state index is 0.444. The van der Waals surface area contributed by atoms with E-state index in [2.05, 4.69) is 10.6 Å². The maximum absolute atomic E-state index is 11.8. The second-order valence-corrected chi connectivity index (χ2v) is 7.40. The smallest absolute Gasteiger partial charge is 0.248 e. The highest BCUT2D eigenvalue weighted by molar-refractivity contribution is 6.25. The molecule has 0 radical (unpaired) electrons. The van der Waals surface area contributed by atoms with Crippen LogP contribution in [0.4, 0.5) is 0 Å². The lowest BCUT2D eigenvalue weighted by Crippen LogP contribution is -2.10. The Hall–Kier alpha value is -4.32. The van der Waals surface area contributed by atoms with E-state index in [1.54, 1.807) is 25.3 Å². The van der Waals surface area contributed by atoms with Crippen molar-refractivity contribution in [1.29, 1.82) is 0 Å². The molecular formula is C25H19N3O3. The second kappa shape index (κ2) is 6.88. The van der Waals surface area contributed by atoms with Crippen molar-refractivity contribution in [1.82, 2.24) is 4.57 Å². The monoisotopic (exact) mass is 409 g/mol. The fourth-order valence-corrected chi connectivity index (χ4v) is 4.16. The molecule has 0 saturated heterocycles. The summed E-state index contributed by atoms with van der Waals surface area (Å²) < 4.78 is 7.50. The molecule has 5 rings (SSSR count). The number of nitrogens with two attached hydrogens (primary N) is 2. The zero-order valence-corrected chi connectivity index (χ0v) is 16.8. The Balaban J connectivity index is 1.89. The molecule has 0 fully saturated rings. The minimum Gasteiger partial charge on any atom is -0.497 e. The van der Waals surface area contributed by atoms with E-state index in [9.17, 15) is 9.59 Å². The molecule has 1 heterocycles. The highest BCUT2D eigenvalue weighted by atomic mass is 16.5. The number of rotatable bonds is 4. The van der Waals surface area contributed by atoms with Crippen molar-refractivity contribution in [3.05, 3.63) is 84.1 Å². The van der Waals surface area contributed by atoms with Crippen LogP contribution < -0.4 is 16.2 Å². The highest BCUT2D eigenvalue weighted by Crippen LogP contribution is 2.38. The number of primary amides is 2. The van der Waals surface area contributed by atoms with Crippen molar-refractivity contribution in [2.24, 2.45) is 11.5 Å². The Labute approximate surface area is 177 Å². The first kappa shape index (κ1) is 18.7. The van der Waals surface area contributed by atoms with E-state index >= 15 is 0 Å². The fourth-order valence-electron chi connectivity index (χ4n) is 4.16. The van der Waals surface area contributed by atoms with Gasteiger partial charge in [0, 0.05) is 33.8 Å². The van der Waals surface area contributed by atoms with Crippen LogP contribution in [0, 0.1) is 0 Å². The number of hydrogen-bond donors (Lipinski definition) is 2. The predicted octanol–water partition coefficient (Wildman–Crippen LogP) is 4.14. The maximum atomic E-state index is 11.8. The Morgan fingerprint density at radius 2 is 1.32 bits per heavy atom. The number of fused-ring (bicyclic) bond motifs is 6. The van der Waals surface area contributed by atoms with Crippen LogP contribution in [0.15, 0.2) is 72.9 Å². The molecule has 152 valence electrons. The lowest BCUT2D eigenvalue weighted by molar-refractivity contribution is 0.0992. The number of nitrogens with zero attached hydrogens (tertiary/aromatic N) is 1. The van der Waals surface area contributed by atoms with Crippen LogP contribution in [0.5, 0.6) is 5.75 Å². The maximum Gasteiger partial charge on any atom is 0.248 e. The Bertz CT molecular complexity index is 1510. The van der Waals surface area contributed by atoms with Crippen molar-refractivity contribution in [3.63, 3.8) is 0 Å². The average molecular weight is 409 g/mol. The van der Waals surface area contributed by atoms with Gasteiger partial charge in [0.15, 0.2) is 0 Å². The molecule has 0 aliphatic heterocycles. The van der Waals surface area contributed by atoms with Gasteiger partial charge in [-0.3, -0.25) is 9.59 Å². The summed E-state index contributed by atoms with van der Waals surface area (Å²) in [6.45, 7) is 0. The normalized spacial score (nSPS) is 11.3. The molecule has 4 aromatic carbocycles. The first-order valence-electron chi connectivity index (χ1n) is 9.72. The fraction of sp³-hybridized carbons (Fsp3) is 0.0400. The summed E-state index contributed by atoms with van der Waals surface area (Å²) in [7, 11) is 1.63. The first-order valence-corrected chi connectivity index (χ1v) is 9.72. The molecule has 1 aromatic heterocycles. The lowest BCUT2D eigenvalue weighted by atomic mass is 9.96. The molecule has 6 nitrogen and oxygen atoms in total. The van der Waals surface area contributed by atoms with Crippen LogP contribution in [0.1, 0.15) is 20.7 Å². The van der Waals surface area contributed by atoms with Crippen LogP contribution in [-0.2, 0) is 0 Å². The summed E-state index contributed by atoms with van der Waals surface area (Å²) in [5, 5.41) is 4.97. The average Bonchev–Trinajstić information content (AvgIpc) is 3.24. The van der Waals surface area contributed by atoms with E-state index in [0.29, 0.717) is 11.1 Å². The molecule has 2 amide bonds. The Kier molecular flexibility index (Phi) is 4.15. The van der Waals surface area contributed by atoms with Gasteiger partial charge in [-0.15, -0.1) is 0 Å². The predicted molar refractivity (Wildman–Crippen MR) is 122 cm³/mol. The third-order valence-corrected chi connectivity index (χ3v) is 5.68. The molecular weight excluding hydrogens is 390 g/mol. The quantitative estimate of drug-likeness (QED) is 0.436. The Morgan fingerprint density at radius 3 is 2.00 bits per heavy atom. The number of carbonyl (C=O) groups is 2. The molecule has 31 heavy (non-hydrogen) atoms. The number of methoxy groups -OCH3 is 1. The minimum atomic E-state index is -0.476. The molecule has 0 atom stereocenters. The van der Waals surface area contributed by atoms with E-state index in [-0.39, 0.29) is 0 Å². The zero-order chi connectivity index (χ0) is 21.7. The summed E-state index contributed by atoms with van der Waals surface area (Å²) >= 11 is 0. The summed E-state index contributed by atoms with van der Waals surface area (Å²) in [4.78, 5) is 23.3. The van der Waals surface area contributed by atoms with Crippen molar-refractivity contribution in [2.75, 3.05) is 7.11 Å². The van der Waals surface area contributed by atoms with Crippen molar-refractivity contribution in [2.45, 2.75) is 0 Å². The summed E-state index contributed by atoms with van der Waals surface area (Å²) in [6, 6.07) is 20.6. The summed E-state index contributed by atoms with van der Waals surface area (Å²) in [5.74, 6) is -0.206. The number of ether oxygens (including phenoxy) is 1. The van der Waals surface area contributed by atoms with E-state index in [0.717, 1.165) is 43.9 Å².